The molecular weight excluding hydrogens is 415 g/mol. The first-order valence-electron chi connectivity index (χ1n) is 10.1. The van der Waals surface area contributed by atoms with Crippen LogP contribution < -0.4 is 22.3 Å². The van der Waals surface area contributed by atoms with Gasteiger partial charge in [-0.3, -0.25) is 0 Å². The molecule has 0 aliphatic heterocycles. The molecule has 0 spiro atoms. The second kappa shape index (κ2) is 12.7. The van der Waals surface area contributed by atoms with E-state index in [0.29, 0.717) is 0 Å². The van der Waals surface area contributed by atoms with Gasteiger partial charge in [0, 0.05) is 27.2 Å². The number of rotatable bonds is 11. The molecular formula is C23H36BrN2P. The van der Waals surface area contributed by atoms with Gasteiger partial charge in [-0.15, -0.1) is 0 Å². The zero-order chi connectivity index (χ0) is 18.8. The van der Waals surface area contributed by atoms with Crippen LogP contribution in [0, 0.1) is 0 Å². The van der Waals surface area contributed by atoms with Crippen molar-refractivity contribution in [1.82, 2.24) is 9.34 Å². The van der Waals surface area contributed by atoms with Gasteiger partial charge in [0.25, 0.3) is 0 Å². The second-order valence-electron chi connectivity index (χ2n) is 7.22. The zero-order valence-electron chi connectivity index (χ0n) is 17.4. The maximum atomic E-state index is 2.84. The molecule has 0 amide bonds. The van der Waals surface area contributed by atoms with E-state index in [9.17, 15) is 0 Å². The van der Waals surface area contributed by atoms with Gasteiger partial charge in [0.05, 0.1) is 0 Å². The summed E-state index contributed by atoms with van der Waals surface area (Å²) in [6.07, 6.45) is 6.13. The highest BCUT2D eigenvalue weighted by atomic mass is 79.9. The minimum atomic E-state index is -1.65. The van der Waals surface area contributed by atoms with Crippen molar-refractivity contribution in [2.75, 3.05) is 27.2 Å². The van der Waals surface area contributed by atoms with Gasteiger partial charge in [0.1, 0.15) is 11.5 Å². The minimum absolute atomic E-state index is 0. The molecule has 0 aliphatic carbocycles. The van der Waals surface area contributed by atoms with Crippen molar-refractivity contribution < 1.29 is 17.0 Å². The van der Waals surface area contributed by atoms with Gasteiger partial charge in [-0.1, -0.05) is 75.2 Å². The summed E-state index contributed by atoms with van der Waals surface area (Å²) in [5.41, 5.74) is 1.44. The van der Waals surface area contributed by atoms with Gasteiger partial charge in [0.15, 0.2) is 7.56 Å². The number of benzene rings is 2. The first-order chi connectivity index (χ1) is 12.6. The van der Waals surface area contributed by atoms with Crippen molar-refractivity contribution in [2.45, 2.75) is 45.7 Å². The number of nitrogens with zero attached hydrogens (tertiary/aromatic N) is 2. The van der Waals surface area contributed by atoms with Gasteiger partial charge < -0.3 is 17.0 Å². The number of halogens is 1. The van der Waals surface area contributed by atoms with Crippen LogP contribution in [0.4, 0.5) is 0 Å². The van der Waals surface area contributed by atoms with E-state index in [0.717, 1.165) is 6.16 Å². The average Bonchev–Trinajstić information content (AvgIpc) is 2.68. The summed E-state index contributed by atoms with van der Waals surface area (Å²) >= 11 is 0. The van der Waals surface area contributed by atoms with Crippen molar-refractivity contribution in [3.8, 4) is 0 Å². The first-order valence-corrected chi connectivity index (χ1v) is 11.9. The van der Waals surface area contributed by atoms with Crippen molar-refractivity contribution in [3.63, 3.8) is 0 Å². The quantitative estimate of drug-likeness (QED) is 0.485. The number of unbranched alkanes of at least 4 members (excludes halogenated alkanes) is 2. The van der Waals surface area contributed by atoms with E-state index < -0.39 is 7.56 Å². The zero-order valence-corrected chi connectivity index (χ0v) is 19.9. The summed E-state index contributed by atoms with van der Waals surface area (Å²) in [4.78, 5) is 0. The third-order valence-electron chi connectivity index (χ3n) is 5.08. The summed E-state index contributed by atoms with van der Waals surface area (Å²) in [7, 11) is 2.93. The van der Waals surface area contributed by atoms with Crippen molar-refractivity contribution in [3.05, 3.63) is 66.2 Å². The highest BCUT2D eigenvalue weighted by Gasteiger charge is 2.49. The Morgan fingerprint density at radius 2 is 1.22 bits per heavy atom. The Hall–Kier alpha value is -0.730. The Labute approximate surface area is 178 Å². The predicted molar refractivity (Wildman–Crippen MR) is 118 cm³/mol. The maximum Gasteiger partial charge on any atom is 0.189 e. The van der Waals surface area contributed by atoms with E-state index in [2.05, 4.69) is 97.9 Å². The van der Waals surface area contributed by atoms with Crippen LogP contribution >= 0.6 is 7.56 Å². The second-order valence-corrected chi connectivity index (χ2v) is 10.9. The van der Waals surface area contributed by atoms with Crippen molar-refractivity contribution in [1.29, 1.82) is 0 Å². The van der Waals surface area contributed by atoms with E-state index in [1.54, 1.807) is 0 Å². The van der Waals surface area contributed by atoms with Gasteiger partial charge in [-0.05, 0) is 30.5 Å². The van der Waals surface area contributed by atoms with Gasteiger partial charge >= 0.3 is 0 Å². The number of hydrogen-bond acceptors (Lipinski definition) is 2. The molecule has 0 aromatic heterocycles. The third kappa shape index (κ3) is 6.39. The molecule has 0 heterocycles. The molecule has 2 aromatic carbocycles. The van der Waals surface area contributed by atoms with Crippen LogP contribution in [-0.4, -0.2) is 36.5 Å². The van der Waals surface area contributed by atoms with Crippen LogP contribution in [0.5, 0.6) is 0 Å². The van der Waals surface area contributed by atoms with Gasteiger partial charge in [-0.25, -0.2) is 0 Å². The molecule has 27 heavy (non-hydrogen) atoms. The smallest absolute Gasteiger partial charge is 0.189 e. The molecule has 1 unspecified atom stereocenters. The standard InChI is InChI=1S/C23H36N2P.BrH/c1-5-7-19-25(20-8-6-2)26(24(3)4,23-17-13-10-14-18-23)21-22-15-11-9-12-16-22;/h9-18H,5-8,19-21H2,1-4H3;1H/q+1;/p-1. The lowest BCUT2D eigenvalue weighted by Gasteiger charge is -2.40. The Bertz CT molecular complexity index is 613. The summed E-state index contributed by atoms with van der Waals surface area (Å²) in [5, 5.41) is 1.50. The molecule has 0 fully saturated rings. The molecule has 2 rings (SSSR count). The van der Waals surface area contributed by atoms with Crippen LogP contribution in [0.15, 0.2) is 60.7 Å². The lowest BCUT2D eigenvalue weighted by Crippen LogP contribution is -3.00. The average molecular weight is 451 g/mol. The van der Waals surface area contributed by atoms with Crippen LogP contribution in [0.2, 0.25) is 0 Å². The SMILES string of the molecule is CCCCN(CCCC)[P+](Cc1ccccc1)(c1ccccc1)N(C)C.[Br-]. The van der Waals surface area contributed by atoms with E-state index >= 15 is 0 Å². The largest absolute Gasteiger partial charge is 1.00 e. The molecule has 0 saturated heterocycles. The minimum Gasteiger partial charge on any atom is -1.00 e. The van der Waals surface area contributed by atoms with E-state index in [1.807, 2.05) is 0 Å². The monoisotopic (exact) mass is 450 g/mol. The number of hydrogen-bond donors (Lipinski definition) is 0. The van der Waals surface area contributed by atoms with Crippen molar-refractivity contribution >= 4 is 12.9 Å². The Balaban J connectivity index is 0.00000364. The Morgan fingerprint density at radius 3 is 1.67 bits per heavy atom. The Morgan fingerprint density at radius 1 is 0.741 bits per heavy atom. The molecule has 0 saturated carbocycles. The molecule has 150 valence electrons. The molecule has 1 atom stereocenters. The van der Waals surface area contributed by atoms with E-state index in [-0.39, 0.29) is 17.0 Å². The summed E-state index contributed by atoms with van der Waals surface area (Å²) in [5.74, 6) is 0. The van der Waals surface area contributed by atoms with Crippen LogP contribution in [0.1, 0.15) is 45.1 Å². The van der Waals surface area contributed by atoms with E-state index in [1.165, 1.54) is 49.6 Å². The Kier molecular flexibility index (Phi) is 11.4. The van der Waals surface area contributed by atoms with Crippen LogP contribution in [0.25, 0.3) is 0 Å². The fourth-order valence-electron chi connectivity index (χ4n) is 3.61. The fourth-order valence-corrected chi connectivity index (χ4v) is 7.88. The molecule has 4 heteroatoms. The van der Waals surface area contributed by atoms with Crippen LogP contribution in [-0.2, 0) is 6.16 Å². The molecule has 0 radical (unpaired) electrons. The molecule has 2 aromatic rings. The topological polar surface area (TPSA) is 6.48 Å². The first kappa shape index (κ1) is 24.3. The summed E-state index contributed by atoms with van der Waals surface area (Å²) in [6, 6.07) is 22.3. The van der Waals surface area contributed by atoms with Crippen LogP contribution in [0.3, 0.4) is 0 Å². The normalized spacial score (nSPS) is 13.4. The lowest BCUT2D eigenvalue weighted by atomic mass is 10.2. The molecule has 0 aliphatic rings. The molecule has 0 bridgehead atoms. The highest BCUT2D eigenvalue weighted by molar-refractivity contribution is 7.77. The summed E-state index contributed by atoms with van der Waals surface area (Å²) in [6.45, 7) is 6.97. The van der Waals surface area contributed by atoms with Crippen molar-refractivity contribution in [2.24, 2.45) is 0 Å². The van der Waals surface area contributed by atoms with Gasteiger partial charge in [-0.2, -0.15) is 9.34 Å². The van der Waals surface area contributed by atoms with Gasteiger partial charge in [0.2, 0.25) is 0 Å². The third-order valence-corrected chi connectivity index (χ3v) is 9.68. The highest BCUT2D eigenvalue weighted by Crippen LogP contribution is 2.64. The van der Waals surface area contributed by atoms with E-state index in [4.69, 9.17) is 0 Å². The molecule has 2 nitrogen and oxygen atoms in total. The summed E-state index contributed by atoms with van der Waals surface area (Å²) < 4.78 is 5.38. The molecule has 0 N–H and O–H groups in total. The fraction of sp³-hybridized carbons (Fsp3) is 0.478. The predicted octanol–water partition coefficient (Wildman–Crippen LogP) is 2.83. The lowest BCUT2D eigenvalue weighted by molar-refractivity contribution is -0.00000567. The maximum absolute atomic E-state index is 2.84.